The van der Waals surface area contributed by atoms with Crippen molar-refractivity contribution in [2.45, 2.75) is 31.9 Å². The van der Waals surface area contributed by atoms with Gasteiger partial charge in [-0.3, -0.25) is 0 Å². The van der Waals surface area contributed by atoms with Gasteiger partial charge in [-0.1, -0.05) is 46.3 Å². The molecule has 0 aliphatic heterocycles. The monoisotopic (exact) mass is 374 g/mol. The summed E-state index contributed by atoms with van der Waals surface area (Å²) < 4.78 is 0.973. The first kappa shape index (κ1) is 16.0. The molecular weight excluding hydrogens is 356 g/mol. The molecule has 2 aromatic rings. The molecule has 0 bridgehead atoms. The summed E-state index contributed by atoms with van der Waals surface area (Å²) in [6, 6.07) is 13.4. The summed E-state index contributed by atoms with van der Waals surface area (Å²) in [5, 5.41) is 15.6. The molecule has 0 heterocycles. The Bertz CT molecular complexity index is 718. The van der Waals surface area contributed by atoms with Gasteiger partial charge >= 0.3 is 6.03 Å². The number of urea groups is 1. The zero-order valence-corrected chi connectivity index (χ0v) is 14.3. The van der Waals surface area contributed by atoms with Gasteiger partial charge in [0.1, 0.15) is 0 Å². The summed E-state index contributed by atoms with van der Waals surface area (Å²) in [6.07, 6.45) is 1.90. The van der Waals surface area contributed by atoms with E-state index >= 15 is 0 Å². The van der Waals surface area contributed by atoms with Crippen LogP contribution in [0.5, 0.6) is 0 Å². The summed E-state index contributed by atoms with van der Waals surface area (Å²) in [5.74, 6) is 0. The van der Waals surface area contributed by atoms with E-state index in [1.165, 1.54) is 5.56 Å². The van der Waals surface area contributed by atoms with Crippen LogP contribution in [0.3, 0.4) is 0 Å². The normalized spacial score (nSPS) is 16.5. The standard InChI is InChI=1S/C18H19BrN2O2/c19-16-6-2-1-4-13(16)11-20-18(23)21-17-7-3-5-12-8-9-14(22)10-15(12)17/h1-7,14,22H,8-11H2,(H2,20,21,23). The Kier molecular flexibility index (Phi) is 4.98. The van der Waals surface area contributed by atoms with Crippen LogP contribution in [-0.4, -0.2) is 17.2 Å². The maximum Gasteiger partial charge on any atom is 0.319 e. The molecule has 2 aromatic carbocycles. The maximum absolute atomic E-state index is 12.2. The van der Waals surface area contributed by atoms with Crippen LogP contribution in [0, 0.1) is 0 Å². The van der Waals surface area contributed by atoms with Crippen LogP contribution < -0.4 is 10.6 Å². The highest BCUT2D eigenvalue weighted by molar-refractivity contribution is 9.10. The number of carbonyl (C=O) groups excluding carboxylic acids is 1. The SMILES string of the molecule is O=C(NCc1ccccc1Br)Nc1cccc2c1CC(O)CC2. The number of benzene rings is 2. The molecule has 0 spiro atoms. The van der Waals surface area contributed by atoms with E-state index in [4.69, 9.17) is 0 Å². The molecule has 1 aliphatic carbocycles. The van der Waals surface area contributed by atoms with Crippen LogP contribution in [0.1, 0.15) is 23.1 Å². The maximum atomic E-state index is 12.2. The second-order valence-electron chi connectivity index (χ2n) is 5.74. The van der Waals surface area contributed by atoms with Crippen molar-refractivity contribution >= 4 is 27.6 Å². The molecule has 0 aromatic heterocycles. The van der Waals surface area contributed by atoms with Gasteiger partial charge in [-0.15, -0.1) is 0 Å². The van der Waals surface area contributed by atoms with E-state index in [9.17, 15) is 9.90 Å². The van der Waals surface area contributed by atoms with Gasteiger partial charge in [-0.2, -0.15) is 0 Å². The summed E-state index contributed by atoms with van der Waals surface area (Å²) >= 11 is 3.47. The third kappa shape index (κ3) is 3.92. The number of amides is 2. The lowest BCUT2D eigenvalue weighted by Gasteiger charge is -2.23. The zero-order chi connectivity index (χ0) is 16.2. The molecule has 3 N–H and O–H groups in total. The lowest BCUT2D eigenvalue weighted by atomic mass is 9.88. The van der Waals surface area contributed by atoms with Crippen LogP contribution in [0.15, 0.2) is 46.9 Å². The number of carbonyl (C=O) groups is 1. The van der Waals surface area contributed by atoms with E-state index in [-0.39, 0.29) is 12.1 Å². The van der Waals surface area contributed by atoms with Gasteiger partial charge in [0, 0.05) is 23.1 Å². The Labute approximate surface area is 144 Å². The van der Waals surface area contributed by atoms with E-state index < -0.39 is 0 Å². The van der Waals surface area contributed by atoms with Gasteiger partial charge in [0.15, 0.2) is 0 Å². The molecule has 5 heteroatoms. The van der Waals surface area contributed by atoms with Crippen molar-refractivity contribution in [3.05, 3.63) is 63.6 Å². The molecule has 0 saturated heterocycles. The quantitative estimate of drug-likeness (QED) is 0.768. The third-order valence-corrected chi connectivity index (χ3v) is 4.88. The molecule has 1 atom stereocenters. The molecule has 4 nitrogen and oxygen atoms in total. The molecule has 2 amide bonds. The topological polar surface area (TPSA) is 61.4 Å². The molecule has 3 rings (SSSR count). The molecule has 0 saturated carbocycles. The van der Waals surface area contributed by atoms with E-state index in [1.54, 1.807) is 0 Å². The van der Waals surface area contributed by atoms with Crippen molar-refractivity contribution in [2.75, 3.05) is 5.32 Å². The fourth-order valence-corrected chi connectivity index (χ4v) is 3.30. The van der Waals surface area contributed by atoms with Crippen LogP contribution >= 0.6 is 15.9 Å². The average Bonchev–Trinajstić information content (AvgIpc) is 2.55. The van der Waals surface area contributed by atoms with Crippen molar-refractivity contribution in [1.29, 1.82) is 0 Å². The second-order valence-corrected chi connectivity index (χ2v) is 6.59. The fourth-order valence-electron chi connectivity index (χ4n) is 2.87. The minimum Gasteiger partial charge on any atom is -0.393 e. The lowest BCUT2D eigenvalue weighted by molar-refractivity contribution is 0.159. The van der Waals surface area contributed by atoms with Crippen molar-refractivity contribution in [3.8, 4) is 0 Å². The number of hydrogen-bond acceptors (Lipinski definition) is 2. The van der Waals surface area contributed by atoms with Crippen LogP contribution in [-0.2, 0) is 19.4 Å². The van der Waals surface area contributed by atoms with E-state index in [0.717, 1.165) is 34.1 Å². The van der Waals surface area contributed by atoms with Crippen LogP contribution in [0.25, 0.3) is 0 Å². The zero-order valence-electron chi connectivity index (χ0n) is 12.7. The largest absolute Gasteiger partial charge is 0.393 e. The number of anilines is 1. The Hall–Kier alpha value is -1.85. The first-order valence-corrected chi connectivity index (χ1v) is 8.50. The minimum atomic E-state index is -0.325. The molecule has 23 heavy (non-hydrogen) atoms. The first-order valence-electron chi connectivity index (χ1n) is 7.70. The summed E-state index contributed by atoms with van der Waals surface area (Å²) in [7, 11) is 0. The summed E-state index contributed by atoms with van der Waals surface area (Å²) in [6.45, 7) is 0.449. The van der Waals surface area contributed by atoms with Crippen molar-refractivity contribution < 1.29 is 9.90 Å². The molecule has 1 aliphatic rings. The fraction of sp³-hybridized carbons (Fsp3) is 0.278. The van der Waals surface area contributed by atoms with Gasteiger partial charge in [0.2, 0.25) is 0 Å². The minimum absolute atomic E-state index is 0.241. The number of rotatable bonds is 3. The number of hydrogen-bond donors (Lipinski definition) is 3. The third-order valence-electron chi connectivity index (χ3n) is 4.11. The van der Waals surface area contributed by atoms with Gasteiger partial charge in [-0.25, -0.2) is 4.79 Å². The average molecular weight is 375 g/mol. The summed E-state index contributed by atoms with van der Waals surface area (Å²) in [4.78, 5) is 12.2. The molecular formula is C18H19BrN2O2. The first-order chi connectivity index (χ1) is 11.1. The second kappa shape index (κ2) is 7.15. The Balaban J connectivity index is 1.66. The van der Waals surface area contributed by atoms with Crippen LogP contribution in [0.4, 0.5) is 10.5 Å². The number of nitrogens with one attached hydrogen (secondary N) is 2. The highest BCUT2D eigenvalue weighted by Crippen LogP contribution is 2.28. The molecule has 0 fully saturated rings. The van der Waals surface area contributed by atoms with Crippen LogP contribution in [0.2, 0.25) is 0 Å². The van der Waals surface area contributed by atoms with Crippen molar-refractivity contribution in [2.24, 2.45) is 0 Å². The number of aliphatic hydroxyl groups excluding tert-OH is 1. The number of aryl methyl sites for hydroxylation is 1. The Morgan fingerprint density at radius 3 is 2.87 bits per heavy atom. The highest BCUT2D eigenvalue weighted by Gasteiger charge is 2.19. The molecule has 120 valence electrons. The number of aliphatic hydroxyl groups is 1. The van der Waals surface area contributed by atoms with E-state index in [2.05, 4.69) is 32.6 Å². The van der Waals surface area contributed by atoms with Gasteiger partial charge in [0.25, 0.3) is 0 Å². The van der Waals surface area contributed by atoms with E-state index in [1.807, 2.05) is 36.4 Å². The Morgan fingerprint density at radius 1 is 1.22 bits per heavy atom. The predicted octanol–water partition coefficient (Wildman–Crippen LogP) is 3.62. The number of fused-ring (bicyclic) bond motifs is 1. The molecule has 0 radical (unpaired) electrons. The molecule has 1 unspecified atom stereocenters. The van der Waals surface area contributed by atoms with Gasteiger partial charge in [0.05, 0.1) is 6.10 Å². The van der Waals surface area contributed by atoms with Gasteiger partial charge < -0.3 is 15.7 Å². The Morgan fingerprint density at radius 2 is 2.04 bits per heavy atom. The van der Waals surface area contributed by atoms with Gasteiger partial charge in [-0.05, 0) is 41.7 Å². The lowest BCUT2D eigenvalue weighted by Crippen LogP contribution is -2.29. The summed E-state index contributed by atoms with van der Waals surface area (Å²) in [5.41, 5.74) is 4.06. The van der Waals surface area contributed by atoms with E-state index in [0.29, 0.717) is 13.0 Å². The smallest absolute Gasteiger partial charge is 0.319 e. The van der Waals surface area contributed by atoms with Crippen molar-refractivity contribution in [3.63, 3.8) is 0 Å². The highest BCUT2D eigenvalue weighted by atomic mass is 79.9. The number of halogens is 1. The predicted molar refractivity (Wildman–Crippen MR) is 94.5 cm³/mol. The van der Waals surface area contributed by atoms with Crippen molar-refractivity contribution in [1.82, 2.24) is 5.32 Å².